The fraction of sp³-hybridized carbons (Fsp3) is 0.357. The van der Waals surface area contributed by atoms with Crippen molar-refractivity contribution in [3.05, 3.63) is 29.0 Å². The van der Waals surface area contributed by atoms with Gasteiger partial charge in [-0.2, -0.15) is 12.6 Å². The smallest absolute Gasteiger partial charge is 0.327 e. The molecule has 21 heavy (non-hydrogen) atoms. The Kier molecular flexibility index (Phi) is 4.52. The molecule has 0 radical (unpaired) electrons. The maximum atomic E-state index is 11.9. The van der Waals surface area contributed by atoms with Gasteiger partial charge in [0.1, 0.15) is 11.7 Å². The molecule has 0 fully saturated rings. The first-order valence-electron chi connectivity index (χ1n) is 6.41. The summed E-state index contributed by atoms with van der Waals surface area (Å²) in [5.41, 5.74) is 3.14. The van der Waals surface area contributed by atoms with Crippen molar-refractivity contribution in [3.8, 4) is 0 Å². The van der Waals surface area contributed by atoms with Crippen LogP contribution >= 0.6 is 12.6 Å². The number of amides is 1. The minimum atomic E-state index is -1.12. The number of aliphatic carboxylic acids is 1. The molecule has 1 heterocycles. The maximum absolute atomic E-state index is 11.9. The molecular formula is C14H16N2O4S. The molecule has 0 spiro atoms. The first-order valence-corrected chi connectivity index (χ1v) is 7.04. The van der Waals surface area contributed by atoms with Gasteiger partial charge in [-0.3, -0.25) is 4.79 Å². The summed E-state index contributed by atoms with van der Waals surface area (Å²) in [7, 11) is 0. The summed E-state index contributed by atoms with van der Waals surface area (Å²) < 4.78 is 5.25. The molecular weight excluding hydrogens is 292 g/mol. The molecule has 1 amide bonds. The number of hydrogen-bond acceptors (Lipinski definition) is 5. The van der Waals surface area contributed by atoms with Crippen molar-refractivity contribution in [2.45, 2.75) is 26.3 Å². The molecule has 1 aromatic carbocycles. The number of fused-ring (bicyclic) bond motifs is 1. The highest BCUT2D eigenvalue weighted by Gasteiger charge is 2.20. The lowest BCUT2D eigenvalue weighted by molar-refractivity contribution is -0.141. The SMILES string of the molecule is Cc1cc(C)c2onc(CC(=O)NC(CS)C(=O)O)c2c1. The van der Waals surface area contributed by atoms with Gasteiger partial charge in [-0.15, -0.1) is 0 Å². The van der Waals surface area contributed by atoms with Crippen LogP contribution in [0.5, 0.6) is 0 Å². The van der Waals surface area contributed by atoms with E-state index in [2.05, 4.69) is 23.1 Å². The third-order valence-corrected chi connectivity index (χ3v) is 3.49. The van der Waals surface area contributed by atoms with E-state index in [0.717, 1.165) is 16.5 Å². The molecule has 2 rings (SSSR count). The molecule has 2 N–H and O–H groups in total. The Morgan fingerprint density at radius 2 is 2.14 bits per heavy atom. The molecule has 0 saturated carbocycles. The second-order valence-corrected chi connectivity index (χ2v) is 5.27. The number of thiol groups is 1. The standard InChI is InChI=1S/C14H16N2O4S/c1-7-3-8(2)13-9(4-7)10(16-20-13)5-12(17)15-11(6-21)14(18)19/h3-4,11,21H,5-6H2,1-2H3,(H,15,17)(H,18,19). The van der Waals surface area contributed by atoms with Crippen molar-refractivity contribution >= 4 is 35.5 Å². The summed E-state index contributed by atoms with van der Waals surface area (Å²) >= 11 is 3.90. The molecule has 0 aliphatic rings. The maximum Gasteiger partial charge on any atom is 0.327 e. The molecule has 6 nitrogen and oxygen atoms in total. The van der Waals surface area contributed by atoms with Gasteiger partial charge in [0, 0.05) is 11.1 Å². The average molecular weight is 308 g/mol. The van der Waals surface area contributed by atoms with E-state index in [1.54, 1.807) is 0 Å². The van der Waals surface area contributed by atoms with E-state index in [1.165, 1.54) is 0 Å². The summed E-state index contributed by atoms with van der Waals surface area (Å²) in [4.78, 5) is 22.8. The Balaban J connectivity index is 2.20. The number of carboxylic acid groups (broad SMARTS) is 1. The van der Waals surface area contributed by atoms with Gasteiger partial charge in [0.25, 0.3) is 0 Å². The van der Waals surface area contributed by atoms with Crippen LogP contribution in [-0.2, 0) is 16.0 Å². The molecule has 0 aliphatic carbocycles. The fourth-order valence-corrected chi connectivity index (χ4v) is 2.40. The number of carbonyl (C=O) groups is 2. The van der Waals surface area contributed by atoms with Crippen molar-refractivity contribution in [2.24, 2.45) is 0 Å². The van der Waals surface area contributed by atoms with E-state index in [4.69, 9.17) is 9.63 Å². The summed E-state index contributed by atoms with van der Waals surface area (Å²) in [5, 5.41) is 16.0. The lowest BCUT2D eigenvalue weighted by atomic mass is 10.1. The summed E-state index contributed by atoms with van der Waals surface area (Å²) in [6.45, 7) is 3.86. The van der Waals surface area contributed by atoms with Crippen LogP contribution in [0.1, 0.15) is 16.8 Å². The number of nitrogens with zero attached hydrogens (tertiary/aromatic N) is 1. The Morgan fingerprint density at radius 1 is 1.43 bits per heavy atom. The van der Waals surface area contributed by atoms with Crippen molar-refractivity contribution in [1.82, 2.24) is 10.5 Å². The van der Waals surface area contributed by atoms with E-state index >= 15 is 0 Å². The quantitative estimate of drug-likeness (QED) is 0.728. The van der Waals surface area contributed by atoms with Crippen molar-refractivity contribution in [3.63, 3.8) is 0 Å². The second-order valence-electron chi connectivity index (χ2n) is 4.91. The van der Waals surface area contributed by atoms with E-state index < -0.39 is 17.9 Å². The topological polar surface area (TPSA) is 92.4 Å². The van der Waals surface area contributed by atoms with Gasteiger partial charge in [0.15, 0.2) is 5.58 Å². The van der Waals surface area contributed by atoms with Crippen LogP contribution in [0.15, 0.2) is 16.7 Å². The third-order valence-electron chi connectivity index (χ3n) is 3.12. The van der Waals surface area contributed by atoms with Crippen LogP contribution in [0, 0.1) is 13.8 Å². The van der Waals surface area contributed by atoms with Crippen LogP contribution in [-0.4, -0.2) is 33.9 Å². The molecule has 7 heteroatoms. The number of rotatable bonds is 5. The highest BCUT2D eigenvalue weighted by atomic mass is 32.1. The molecule has 2 aromatic rings. The first-order chi connectivity index (χ1) is 9.92. The highest BCUT2D eigenvalue weighted by molar-refractivity contribution is 7.80. The number of carbonyl (C=O) groups excluding carboxylic acids is 1. The van der Waals surface area contributed by atoms with Gasteiger partial charge in [-0.25, -0.2) is 4.79 Å². The first kappa shape index (κ1) is 15.4. The van der Waals surface area contributed by atoms with Gasteiger partial charge in [0.05, 0.1) is 6.42 Å². The van der Waals surface area contributed by atoms with Crippen molar-refractivity contribution in [1.29, 1.82) is 0 Å². The number of hydrogen-bond donors (Lipinski definition) is 3. The summed E-state index contributed by atoms with van der Waals surface area (Å²) in [6, 6.07) is 2.86. The minimum absolute atomic E-state index is 0.0266. The van der Waals surface area contributed by atoms with Crippen LogP contribution in [0.2, 0.25) is 0 Å². The predicted octanol–water partition coefficient (Wildman–Crippen LogP) is 1.49. The molecule has 1 atom stereocenters. The zero-order chi connectivity index (χ0) is 15.6. The minimum Gasteiger partial charge on any atom is -0.480 e. The summed E-state index contributed by atoms with van der Waals surface area (Å²) in [6.07, 6.45) is -0.0343. The number of benzene rings is 1. The Bertz CT molecular complexity index is 696. The van der Waals surface area contributed by atoms with Crippen LogP contribution in [0.3, 0.4) is 0 Å². The zero-order valence-corrected chi connectivity index (χ0v) is 12.6. The lowest BCUT2D eigenvalue weighted by Crippen LogP contribution is -2.42. The molecule has 1 aromatic heterocycles. The van der Waals surface area contributed by atoms with Gasteiger partial charge >= 0.3 is 5.97 Å². The lowest BCUT2D eigenvalue weighted by Gasteiger charge is -2.10. The fourth-order valence-electron chi connectivity index (χ4n) is 2.15. The normalized spacial score (nSPS) is 12.3. The Morgan fingerprint density at radius 3 is 2.76 bits per heavy atom. The Hall–Kier alpha value is -2.02. The van der Waals surface area contributed by atoms with E-state index in [-0.39, 0.29) is 12.2 Å². The van der Waals surface area contributed by atoms with E-state index in [9.17, 15) is 9.59 Å². The molecule has 1 unspecified atom stereocenters. The number of carboxylic acids is 1. The largest absolute Gasteiger partial charge is 0.480 e. The van der Waals surface area contributed by atoms with Crippen LogP contribution in [0.25, 0.3) is 11.0 Å². The van der Waals surface area contributed by atoms with Gasteiger partial charge in [-0.05, 0) is 31.0 Å². The summed E-state index contributed by atoms with van der Waals surface area (Å²) in [5.74, 6) is -1.51. The third kappa shape index (κ3) is 3.36. The number of nitrogens with one attached hydrogen (secondary N) is 1. The average Bonchev–Trinajstić information content (AvgIpc) is 2.79. The predicted molar refractivity (Wildman–Crippen MR) is 80.6 cm³/mol. The molecule has 0 aliphatic heterocycles. The van der Waals surface area contributed by atoms with Crippen LogP contribution < -0.4 is 5.32 Å². The highest BCUT2D eigenvalue weighted by Crippen LogP contribution is 2.24. The number of aryl methyl sites for hydroxylation is 2. The second kappa shape index (κ2) is 6.17. The number of aromatic nitrogens is 1. The molecule has 112 valence electrons. The molecule has 0 bridgehead atoms. The Labute approximate surface area is 126 Å². The van der Waals surface area contributed by atoms with Gasteiger partial charge in [0.2, 0.25) is 5.91 Å². The monoisotopic (exact) mass is 308 g/mol. The molecule has 0 saturated heterocycles. The van der Waals surface area contributed by atoms with E-state index in [1.807, 2.05) is 26.0 Å². The van der Waals surface area contributed by atoms with Gasteiger partial charge in [-0.1, -0.05) is 11.2 Å². The van der Waals surface area contributed by atoms with Crippen molar-refractivity contribution in [2.75, 3.05) is 5.75 Å². The zero-order valence-electron chi connectivity index (χ0n) is 11.7. The van der Waals surface area contributed by atoms with E-state index in [0.29, 0.717) is 11.3 Å². The van der Waals surface area contributed by atoms with Crippen LogP contribution in [0.4, 0.5) is 0 Å². The van der Waals surface area contributed by atoms with Gasteiger partial charge < -0.3 is 14.9 Å². The van der Waals surface area contributed by atoms with Crippen molar-refractivity contribution < 1.29 is 19.2 Å².